The van der Waals surface area contributed by atoms with E-state index in [1.165, 1.54) is 60.8 Å². The molecule has 26 heavy (non-hydrogen) atoms. The minimum Gasteiger partial charge on any atom is -0.321 e. The molecule has 0 aliphatic carbocycles. The van der Waals surface area contributed by atoms with Gasteiger partial charge < -0.3 is 5.32 Å². The van der Waals surface area contributed by atoms with Gasteiger partial charge in [-0.05, 0) is 48.5 Å². The van der Waals surface area contributed by atoms with Crippen molar-refractivity contribution in [2.75, 3.05) is 10.0 Å². The van der Waals surface area contributed by atoms with E-state index >= 15 is 0 Å². The lowest BCUT2D eigenvalue weighted by Crippen LogP contribution is -2.15. The second-order valence-electron chi connectivity index (χ2n) is 5.13. The van der Waals surface area contributed by atoms with Crippen LogP contribution in [-0.2, 0) is 10.0 Å². The molecule has 1 amide bonds. The fourth-order valence-corrected chi connectivity index (χ4v) is 3.37. The van der Waals surface area contributed by atoms with Crippen molar-refractivity contribution in [1.82, 2.24) is 4.98 Å². The summed E-state index contributed by atoms with van der Waals surface area (Å²) in [5.74, 6) is -0.509. The SMILES string of the molecule is [3H]c1ccnc(C(=O)Nc2ccc(S(=O)(=O)Nc3ccc([3H])cc3Cl)cc2)c1. The molecule has 2 N–H and O–H groups in total. The summed E-state index contributed by atoms with van der Waals surface area (Å²) < 4.78 is 42.3. The summed E-state index contributed by atoms with van der Waals surface area (Å²) in [6.45, 7) is 0. The van der Waals surface area contributed by atoms with Crippen LogP contribution in [0.25, 0.3) is 0 Å². The number of hydrogen-bond acceptors (Lipinski definition) is 4. The van der Waals surface area contributed by atoms with E-state index in [1.807, 2.05) is 0 Å². The monoisotopic (exact) mass is 391 g/mol. The van der Waals surface area contributed by atoms with E-state index in [0.717, 1.165) is 0 Å². The standard InChI is InChI=1S/C18H14ClN3O3S/c19-15-5-1-2-6-16(15)22-26(24,25)14-10-8-13(9-11-14)21-18(23)17-7-3-4-12-20-17/h1-12,22H,(H,21,23)/i1T,3T. The number of anilines is 2. The molecule has 0 atom stereocenters. The maximum atomic E-state index is 12.5. The number of carbonyl (C=O) groups is 1. The molecule has 0 bridgehead atoms. The van der Waals surface area contributed by atoms with Crippen LogP contribution in [0.4, 0.5) is 11.4 Å². The summed E-state index contributed by atoms with van der Waals surface area (Å²) in [5.41, 5.74) is 0.618. The Labute approximate surface area is 158 Å². The normalized spacial score (nSPS) is 12.0. The predicted molar refractivity (Wildman–Crippen MR) is 101 cm³/mol. The van der Waals surface area contributed by atoms with E-state index in [-0.39, 0.29) is 33.4 Å². The number of nitrogens with one attached hydrogen (secondary N) is 2. The smallest absolute Gasteiger partial charge is 0.274 e. The summed E-state index contributed by atoms with van der Waals surface area (Å²) in [5, 5.41) is 2.70. The number of benzene rings is 2. The van der Waals surface area contributed by atoms with E-state index in [0.29, 0.717) is 5.69 Å². The van der Waals surface area contributed by atoms with Crippen molar-refractivity contribution >= 4 is 38.9 Å². The number of amides is 1. The van der Waals surface area contributed by atoms with E-state index in [4.69, 9.17) is 14.3 Å². The van der Waals surface area contributed by atoms with Gasteiger partial charge in [-0.3, -0.25) is 14.5 Å². The minimum absolute atomic E-state index is 0.0252. The molecule has 8 heteroatoms. The Hall–Kier alpha value is -2.90. The van der Waals surface area contributed by atoms with Crippen molar-refractivity contribution in [3.05, 3.63) is 83.6 Å². The molecule has 0 fully saturated rings. The number of nitrogens with zero attached hydrogens (tertiary/aromatic N) is 1. The summed E-state index contributed by atoms with van der Waals surface area (Å²) in [6.07, 6.45) is 1.36. The predicted octanol–water partition coefficient (Wildman–Crippen LogP) is 3.79. The van der Waals surface area contributed by atoms with Gasteiger partial charge in [0.1, 0.15) is 5.69 Å². The number of aromatic nitrogens is 1. The Balaban J connectivity index is 1.75. The molecular formula is C18H14ClN3O3S. The number of pyridine rings is 1. The van der Waals surface area contributed by atoms with Crippen molar-refractivity contribution in [3.63, 3.8) is 0 Å². The maximum Gasteiger partial charge on any atom is 0.274 e. The van der Waals surface area contributed by atoms with Gasteiger partial charge in [-0.25, -0.2) is 8.42 Å². The third-order valence-corrected chi connectivity index (χ3v) is 5.01. The van der Waals surface area contributed by atoms with Crippen LogP contribution >= 0.6 is 11.6 Å². The molecule has 0 aliphatic rings. The third kappa shape index (κ3) is 4.19. The van der Waals surface area contributed by atoms with Gasteiger partial charge in [0.15, 0.2) is 0 Å². The number of hydrogen-bond donors (Lipinski definition) is 2. The molecule has 2 aromatic carbocycles. The lowest BCUT2D eigenvalue weighted by molar-refractivity contribution is 0.102. The van der Waals surface area contributed by atoms with Gasteiger partial charge in [-0.15, -0.1) is 0 Å². The molecule has 0 radical (unpaired) electrons. The van der Waals surface area contributed by atoms with Crippen LogP contribution in [0.1, 0.15) is 13.2 Å². The molecule has 0 aliphatic heterocycles. The first-order chi connectivity index (χ1) is 13.2. The molecule has 0 spiro atoms. The van der Waals surface area contributed by atoms with E-state index < -0.39 is 15.9 Å². The summed E-state index contributed by atoms with van der Waals surface area (Å²) >= 11 is 5.96. The average Bonchev–Trinajstić information content (AvgIpc) is 2.64. The number of sulfonamides is 1. The first-order valence-corrected chi connectivity index (χ1v) is 9.24. The van der Waals surface area contributed by atoms with Gasteiger partial charge in [-0.1, -0.05) is 29.8 Å². The van der Waals surface area contributed by atoms with Gasteiger partial charge in [0, 0.05) is 11.9 Å². The van der Waals surface area contributed by atoms with Gasteiger partial charge in [0.25, 0.3) is 15.9 Å². The van der Waals surface area contributed by atoms with E-state index in [1.54, 1.807) is 0 Å². The maximum absolute atomic E-state index is 12.5. The molecule has 1 heterocycles. The van der Waals surface area contributed by atoms with Crippen LogP contribution in [0.3, 0.4) is 0 Å². The van der Waals surface area contributed by atoms with Crippen LogP contribution < -0.4 is 10.0 Å². The zero-order chi connectivity index (χ0) is 20.3. The van der Waals surface area contributed by atoms with Crippen molar-refractivity contribution < 1.29 is 16.0 Å². The van der Waals surface area contributed by atoms with Gasteiger partial charge in [0.2, 0.25) is 0 Å². The lowest BCUT2D eigenvalue weighted by atomic mass is 10.3. The molecule has 0 saturated carbocycles. The van der Waals surface area contributed by atoms with Gasteiger partial charge in [0.05, 0.1) is 18.3 Å². The van der Waals surface area contributed by atoms with Crippen molar-refractivity contribution in [1.29, 1.82) is 0 Å². The fourth-order valence-electron chi connectivity index (χ4n) is 2.06. The fraction of sp³-hybridized carbons (Fsp3) is 0. The zero-order valence-electron chi connectivity index (χ0n) is 15.2. The van der Waals surface area contributed by atoms with Crippen molar-refractivity contribution in [3.8, 4) is 0 Å². The van der Waals surface area contributed by atoms with Crippen LogP contribution in [-0.4, -0.2) is 19.3 Å². The van der Waals surface area contributed by atoms with Crippen LogP contribution in [0.5, 0.6) is 0 Å². The topological polar surface area (TPSA) is 88.2 Å². The molecule has 6 nitrogen and oxygen atoms in total. The molecule has 132 valence electrons. The minimum atomic E-state index is -3.90. The second kappa shape index (κ2) is 7.55. The highest BCUT2D eigenvalue weighted by Gasteiger charge is 2.16. The lowest BCUT2D eigenvalue weighted by Gasteiger charge is -2.10. The van der Waals surface area contributed by atoms with Crippen LogP contribution in [0, 0.1) is 0 Å². The first-order valence-electron chi connectivity index (χ1n) is 8.38. The van der Waals surface area contributed by atoms with Crippen LogP contribution in [0.2, 0.25) is 5.02 Å². The number of rotatable bonds is 5. The highest BCUT2D eigenvalue weighted by atomic mass is 35.5. The highest BCUT2D eigenvalue weighted by Crippen LogP contribution is 2.24. The number of carbonyl (C=O) groups excluding carboxylic acids is 1. The average molecular weight is 392 g/mol. The Bertz CT molecular complexity index is 1140. The zero-order valence-corrected chi connectivity index (χ0v) is 14.8. The highest BCUT2D eigenvalue weighted by molar-refractivity contribution is 7.92. The molecule has 1 aromatic heterocycles. The summed E-state index contributed by atoms with van der Waals surface area (Å²) in [6, 6.07) is 12.8. The van der Waals surface area contributed by atoms with Crippen LogP contribution in [0.15, 0.2) is 77.8 Å². The van der Waals surface area contributed by atoms with E-state index in [9.17, 15) is 13.2 Å². The summed E-state index contributed by atoms with van der Waals surface area (Å²) in [4.78, 5) is 16.0. The summed E-state index contributed by atoms with van der Waals surface area (Å²) in [7, 11) is -3.90. The number of halogens is 1. The Morgan fingerprint density at radius 3 is 2.46 bits per heavy atom. The number of para-hydroxylation sites is 1. The second-order valence-corrected chi connectivity index (χ2v) is 7.22. The quantitative estimate of drug-likeness (QED) is 0.692. The molecule has 0 saturated heterocycles. The Morgan fingerprint density at radius 2 is 1.77 bits per heavy atom. The Morgan fingerprint density at radius 1 is 1.04 bits per heavy atom. The van der Waals surface area contributed by atoms with Crippen molar-refractivity contribution in [2.45, 2.75) is 4.90 Å². The molecule has 3 rings (SSSR count). The van der Waals surface area contributed by atoms with Crippen molar-refractivity contribution in [2.24, 2.45) is 0 Å². The first kappa shape index (κ1) is 15.4. The molecular weight excluding hydrogens is 374 g/mol. The van der Waals surface area contributed by atoms with Gasteiger partial charge in [-0.2, -0.15) is 0 Å². The third-order valence-electron chi connectivity index (χ3n) is 3.32. The van der Waals surface area contributed by atoms with E-state index in [2.05, 4.69) is 15.0 Å². The Kier molecular flexibility index (Phi) is 4.46. The molecule has 3 aromatic rings. The van der Waals surface area contributed by atoms with Gasteiger partial charge >= 0.3 is 0 Å². The molecule has 0 unspecified atom stereocenters. The largest absolute Gasteiger partial charge is 0.321 e.